The molecule has 2 unspecified atom stereocenters. The Balaban J connectivity index is 1.98. The van der Waals surface area contributed by atoms with Gasteiger partial charge in [0, 0.05) is 50.8 Å². The number of ether oxygens (including phenoxy) is 4. The zero-order valence-corrected chi connectivity index (χ0v) is 20.1. The molecule has 3 rings (SSSR count). The molecule has 2 aliphatic rings. The van der Waals surface area contributed by atoms with E-state index in [2.05, 4.69) is 4.99 Å². The molecule has 1 aromatic rings. The third-order valence-corrected chi connectivity index (χ3v) is 6.17. The Kier molecular flexibility index (Phi) is 8.73. The van der Waals surface area contributed by atoms with Crippen molar-refractivity contribution in [2.24, 2.45) is 10.4 Å². The summed E-state index contributed by atoms with van der Waals surface area (Å²) in [5, 5.41) is 7.51. The second-order valence-corrected chi connectivity index (χ2v) is 8.89. The van der Waals surface area contributed by atoms with E-state index in [0.29, 0.717) is 26.4 Å². The van der Waals surface area contributed by atoms with Crippen molar-refractivity contribution >= 4 is 40.4 Å². The predicted octanol–water partition coefficient (Wildman–Crippen LogP) is 5.32. The van der Waals surface area contributed by atoms with Crippen LogP contribution in [0.1, 0.15) is 43.0 Å². The summed E-state index contributed by atoms with van der Waals surface area (Å²) in [6.45, 7) is 3.16. The molecule has 0 aliphatic carbocycles. The number of carbonyl (C=O) groups is 1. The molecule has 1 saturated heterocycles. The van der Waals surface area contributed by atoms with Gasteiger partial charge in [-0.15, -0.1) is 0 Å². The number of fused-ring (bicyclic) bond motifs is 1. The van der Waals surface area contributed by atoms with Gasteiger partial charge in [0.2, 0.25) is 12.1 Å². The number of hydrogen-bond donors (Lipinski definition) is 1. The molecule has 180 valence electrons. The Bertz CT molecular complexity index is 956. The van der Waals surface area contributed by atoms with Crippen molar-refractivity contribution in [3.05, 3.63) is 28.3 Å². The van der Waals surface area contributed by atoms with Crippen molar-refractivity contribution in [1.29, 1.82) is 5.41 Å². The molecule has 7 nitrogen and oxygen atoms in total. The first-order chi connectivity index (χ1) is 15.8. The van der Waals surface area contributed by atoms with E-state index in [1.54, 1.807) is 0 Å². The maximum absolute atomic E-state index is 13.7. The first-order valence-electron chi connectivity index (χ1n) is 10.7. The minimum absolute atomic E-state index is 0.0951. The second kappa shape index (κ2) is 11.3. The Morgan fingerprint density at radius 3 is 2.67 bits per heavy atom. The Morgan fingerprint density at radius 2 is 2.00 bits per heavy atom. The first-order valence-corrected chi connectivity index (χ1v) is 11.4. The Hall–Kier alpha value is -2.16. The molecular weight excluding hydrogens is 474 g/mol. The lowest BCUT2D eigenvalue weighted by Crippen LogP contribution is -2.33. The van der Waals surface area contributed by atoms with Gasteiger partial charge < -0.3 is 18.9 Å². The summed E-state index contributed by atoms with van der Waals surface area (Å²) in [5.74, 6) is 0.120. The number of halogens is 3. The summed E-state index contributed by atoms with van der Waals surface area (Å²) >= 11 is 12.0. The van der Waals surface area contributed by atoms with Crippen LogP contribution in [0.15, 0.2) is 27.7 Å². The normalized spacial score (nSPS) is 22.3. The number of nitrogens with one attached hydrogen (secondary N) is 1. The van der Waals surface area contributed by atoms with Crippen molar-refractivity contribution in [2.45, 2.75) is 39.0 Å². The quantitative estimate of drug-likeness (QED) is 0.404. The minimum atomic E-state index is -1.58. The summed E-state index contributed by atoms with van der Waals surface area (Å²) in [7, 11) is 1.52. The molecule has 0 amide bonds. The van der Waals surface area contributed by atoms with Gasteiger partial charge in [-0.2, -0.15) is 0 Å². The fourth-order valence-electron chi connectivity index (χ4n) is 3.87. The lowest BCUT2D eigenvalue weighted by Gasteiger charge is -2.28. The van der Waals surface area contributed by atoms with E-state index in [1.807, 2.05) is 0 Å². The molecule has 0 radical (unpaired) electrons. The molecule has 1 N–H and O–H groups in total. The summed E-state index contributed by atoms with van der Waals surface area (Å²) < 4.78 is 36.8. The fraction of sp³-hybridized carbons (Fsp3) is 0.522. The number of ketones is 1. The number of alkyl halides is 1. The van der Waals surface area contributed by atoms with E-state index in [9.17, 15) is 9.18 Å². The summed E-state index contributed by atoms with van der Waals surface area (Å²) in [4.78, 5) is 17.1. The van der Waals surface area contributed by atoms with E-state index in [1.165, 1.54) is 32.3 Å². The van der Waals surface area contributed by atoms with Crippen LogP contribution in [0.2, 0.25) is 0 Å². The number of allylic oxidation sites excluding steroid dienone is 2. The van der Waals surface area contributed by atoms with Gasteiger partial charge in [0.05, 0.1) is 23.8 Å². The number of benzene rings is 1. The average molecular weight is 501 g/mol. The lowest BCUT2D eigenvalue weighted by molar-refractivity contribution is 0.0657. The SMILES string of the molecule is CN=C/C(Cl)=C(/CC(=O)c1ccc(OC(C)F)c2c1OCC1(CCCOCC1)CO2)C(=N)Cl. The zero-order chi connectivity index (χ0) is 24.0. The van der Waals surface area contributed by atoms with Crippen molar-refractivity contribution in [2.75, 3.05) is 33.5 Å². The van der Waals surface area contributed by atoms with Gasteiger partial charge in [-0.25, -0.2) is 4.39 Å². The number of rotatable bonds is 7. The molecule has 0 aromatic heterocycles. The number of Topliss-reactive ketones (excluding diaryl/α,β-unsaturated/α-hetero) is 1. The van der Waals surface area contributed by atoms with Crippen LogP contribution in [0.5, 0.6) is 17.2 Å². The Morgan fingerprint density at radius 1 is 1.27 bits per heavy atom. The average Bonchev–Trinajstić information content (AvgIpc) is 3.11. The van der Waals surface area contributed by atoms with E-state index >= 15 is 0 Å². The van der Waals surface area contributed by atoms with Crippen molar-refractivity contribution < 1.29 is 28.1 Å². The van der Waals surface area contributed by atoms with Gasteiger partial charge >= 0.3 is 0 Å². The molecule has 0 saturated carbocycles. The fourth-order valence-corrected chi connectivity index (χ4v) is 4.35. The first kappa shape index (κ1) is 25.5. The van der Waals surface area contributed by atoms with Crippen LogP contribution in [-0.2, 0) is 4.74 Å². The van der Waals surface area contributed by atoms with Gasteiger partial charge in [-0.1, -0.05) is 23.2 Å². The van der Waals surface area contributed by atoms with Gasteiger partial charge in [-0.3, -0.25) is 15.2 Å². The van der Waals surface area contributed by atoms with Gasteiger partial charge in [0.1, 0.15) is 5.17 Å². The van der Waals surface area contributed by atoms with E-state index < -0.39 is 12.1 Å². The van der Waals surface area contributed by atoms with E-state index in [4.69, 9.17) is 47.6 Å². The van der Waals surface area contributed by atoms with Crippen LogP contribution in [0.25, 0.3) is 0 Å². The molecular formula is C23H27Cl2FN2O5. The molecule has 2 atom stereocenters. The summed E-state index contributed by atoms with van der Waals surface area (Å²) in [5.41, 5.74) is 0.0463. The smallest absolute Gasteiger partial charge is 0.236 e. The monoisotopic (exact) mass is 500 g/mol. The zero-order valence-electron chi connectivity index (χ0n) is 18.6. The van der Waals surface area contributed by atoms with Crippen molar-refractivity contribution in [1.82, 2.24) is 0 Å². The van der Waals surface area contributed by atoms with Crippen LogP contribution in [0, 0.1) is 10.8 Å². The molecule has 2 heterocycles. The third kappa shape index (κ3) is 6.25. The topological polar surface area (TPSA) is 90.2 Å². The number of carbonyl (C=O) groups excluding carboxylic acids is 1. The standard InChI is InChI=1S/C23H27Cl2FN2O5/c1-14(26)33-19-5-4-15(18(29)10-16(22(25)27)17(24)11-28-2)20-21(19)32-13-23(12-31-20)6-3-8-30-9-7-23/h4-5,11,14,27H,3,6-10,12-13H2,1-2H3/b17-16+,27-22?,28-11?. The summed E-state index contributed by atoms with van der Waals surface area (Å²) in [6.07, 6.45) is 1.93. The van der Waals surface area contributed by atoms with E-state index in [0.717, 1.165) is 19.3 Å². The van der Waals surface area contributed by atoms with Crippen LogP contribution in [0.3, 0.4) is 0 Å². The van der Waals surface area contributed by atoms with Crippen molar-refractivity contribution in [3.8, 4) is 17.2 Å². The molecule has 33 heavy (non-hydrogen) atoms. The van der Waals surface area contributed by atoms with Gasteiger partial charge in [-0.05, 0) is 31.4 Å². The maximum Gasteiger partial charge on any atom is 0.236 e. The number of aliphatic imine (C=N–C) groups is 1. The Labute approximate surface area is 202 Å². The highest BCUT2D eigenvalue weighted by Gasteiger charge is 2.38. The molecule has 1 spiro atoms. The second-order valence-electron chi connectivity index (χ2n) is 8.10. The van der Waals surface area contributed by atoms with Gasteiger partial charge in [0.25, 0.3) is 0 Å². The molecule has 1 fully saturated rings. The number of nitrogens with zero attached hydrogens (tertiary/aromatic N) is 1. The third-order valence-electron chi connectivity index (χ3n) is 5.62. The molecule has 1 aromatic carbocycles. The largest absolute Gasteiger partial charge is 0.488 e. The minimum Gasteiger partial charge on any atom is -0.488 e. The lowest BCUT2D eigenvalue weighted by atomic mass is 9.82. The van der Waals surface area contributed by atoms with Crippen LogP contribution in [0.4, 0.5) is 4.39 Å². The highest BCUT2D eigenvalue weighted by molar-refractivity contribution is 6.70. The highest BCUT2D eigenvalue weighted by atomic mass is 35.5. The van der Waals surface area contributed by atoms with Gasteiger partial charge in [0.15, 0.2) is 17.3 Å². The maximum atomic E-state index is 13.7. The van der Waals surface area contributed by atoms with Crippen LogP contribution < -0.4 is 14.2 Å². The van der Waals surface area contributed by atoms with Crippen molar-refractivity contribution in [3.63, 3.8) is 0 Å². The predicted molar refractivity (Wildman–Crippen MR) is 126 cm³/mol. The van der Waals surface area contributed by atoms with Crippen LogP contribution in [-0.4, -0.2) is 57.0 Å². The highest BCUT2D eigenvalue weighted by Crippen LogP contribution is 2.46. The molecule has 10 heteroatoms. The summed E-state index contributed by atoms with van der Waals surface area (Å²) in [6, 6.07) is 2.97. The van der Waals surface area contributed by atoms with Crippen LogP contribution >= 0.6 is 23.2 Å². The molecule has 0 bridgehead atoms. The number of hydrogen-bond acceptors (Lipinski definition) is 7. The van der Waals surface area contributed by atoms with E-state index in [-0.39, 0.29) is 50.4 Å². The molecule has 2 aliphatic heterocycles.